The number of H-pyrrole nitrogens is 1. The summed E-state index contributed by atoms with van der Waals surface area (Å²) in [5, 5.41) is 10.1. The van der Waals surface area contributed by atoms with Gasteiger partial charge in [-0.25, -0.2) is 0 Å². The molecule has 1 aromatic carbocycles. The molecule has 1 aromatic heterocycles. The zero-order chi connectivity index (χ0) is 11.3. The summed E-state index contributed by atoms with van der Waals surface area (Å²) in [4.78, 5) is 16.5. The van der Waals surface area contributed by atoms with Crippen molar-refractivity contribution in [3.63, 3.8) is 0 Å². The van der Waals surface area contributed by atoms with Gasteiger partial charge in [0.25, 0.3) is 0 Å². The second-order valence-electron chi connectivity index (χ2n) is 2.86. The van der Waals surface area contributed by atoms with E-state index in [4.69, 9.17) is 0 Å². The predicted octanol–water partition coefficient (Wildman–Crippen LogP) is 1.49. The van der Waals surface area contributed by atoms with Gasteiger partial charge in [0.15, 0.2) is 0 Å². The molecule has 78 valence electrons. The topological polar surface area (TPSA) is 53.1 Å². The van der Waals surface area contributed by atoms with Crippen molar-refractivity contribution in [2.75, 3.05) is 0 Å². The van der Waals surface area contributed by atoms with Crippen LogP contribution in [0.1, 0.15) is 5.56 Å². The van der Waals surface area contributed by atoms with E-state index in [9.17, 15) is 9.90 Å². The number of aromatic hydroxyl groups is 1. The van der Waals surface area contributed by atoms with Crippen LogP contribution in [0.15, 0.2) is 24.4 Å². The number of phenolic OH excluding ortho intramolecular Hbond substituents is 1. The van der Waals surface area contributed by atoms with Gasteiger partial charge in [0, 0.05) is 17.1 Å². The minimum atomic E-state index is 0.208. The number of benzene rings is 1. The molecular weight excluding hydrogens is 274 g/mol. The second-order valence-corrected chi connectivity index (χ2v) is 2.86. The number of hydrogen-bond acceptors (Lipinski definition) is 2. The van der Waals surface area contributed by atoms with Gasteiger partial charge in [-0.2, -0.15) is 0 Å². The summed E-state index contributed by atoms with van der Waals surface area (Å²) in [6, 6.07) is 5.02. The van der Waals surface area contributed by atoms with Gasteiger partial charge in [0.2, 0.25) is 0 Å². The molecule has 4 heteroatoms. The van der Waals surface area contributed by atoms with E-state index in [2.05, 4.69) is 9.89 Å². The first-order chi connectivity index (χ1) is 7.31. The third-order valence-corrected chi connectivity index (χ3v) is 2.01. The van der Waals surface area contributed by atoms with Crippen molar-refractivity contribution in [1.82, 2.24) is 4.98 Å². The Labute approximate surface area is 98.5 Å². The van der Waals surface area contributed by atoms with Crippen LogP contribution in [0.3, 0.4) is 0 Å². The fourth-order valence-corrected chi connectivity index (χ4v) is 1.39. The summed E-state index contributed by atoms with van der Waals surface area (Å²) < 4.78 is 0. The Balaban J connectivity index is 0.000000531. The molecule has 0 radical (unpaired) electrons. The molecule has 0 aliphatic carbocycles. The molecule has 15 heavy (non-hydrogen) atoms. The van der Waals surface area contributed by atoms with Crippen LogP contribution in [-0.2, 0) is 30.6 Å². The minimum absolute atomic E-state index is 0.208. The molecule has 0 bridgehead atoms. The number of carbonyl (C=O) groups excluding carboxylic acids is 1. The maximum absolute atomic E-state index is 10.2. The van der Waals surface area contributed by atoms with Gasteiger partial charge < -0.3 is 14.9 Å². The van der Waals surface area contributed by atoms with Gasteiger partial charge in [-0.05, 0) is 23.8 Å². The van der Waals surface area contributed by atoms with E-state index in [1.807, 2.05) is 6.29 Å². The summed E-state index contributed by atoms with van der Waals surface area (Å²) in [6.45, 7) is 0. The molecule has 2 aromatic rings. The zero-order valence-corrected chi connectivity index (χ0v) is 9.99. The molecule has 0 spiro atoms. The van der Waals surface area contributed by atoms with Gasteiger partial charge in [-0.1, -0.05) is 0 Å². The first-order valence-electron chi connectivity index (χ1n) is 4.24. The summed E-state index contributed by atoms with van der Waals surface area (Å²) >= 11 is 1.70. The molecule has 0 amide bonds. The molecule has 0 unspecified atom stereocenters. The van der Waals surface area contributed by atoms with E-state index in [0.29, 0.717) is 0 Å². The Hall–Kier alpha value is -1.21. The standard InChI is InChI=1S/C10H8NO2.CH2.Mo/c12-4-3-7-6-11-10-2-1-8(13)5-9(7)10;;/h1-2,5-6,11,13H,3H2;1H2;/q-1;;. The van der Waals surface area contributed by atoms with Gasteiger partial charge in [0.05, 0.1) is 0 Å². The van der Waals surface area contributed by atoms with Crippen molar-refractivity contribution < 1.29 is 29.3 Å². The molecule has 0 atom stereocenters. The van der Waals surface area contributed by atoms with Gasteiger partial charge in [0.1, 0.15) is 5.75 Å². The fraction of sp³-hybridized carbons (Fsp3) is 0.0909. The van der Waals surface area contributed by atoms with E-state index < -0.39 is 0 Å². The number of phenols is 1. The SMILES string of the molecule is O=[C-]Cc1c[nH]c2ccc(O)cc12.[CH2]=[Mo]. The van der Waals surface area contributed by atoms with Crippen LogP contribution in [-0.4, -0.2) is 21.3 Å². The number of nitrogens with one attached hydrogen (secondary N) is 1. The molecule has 0 aliphatic heterocycles. The van der Waals surface area contributed by atoms with Crippen molar-refractivity contribution >= 4 is 22.1 Å². The van der Waals surface area contributed by atoms with Crippen molar-refractivity contribution in [2.45, 2.75) is 6.42 Å². The normalized spacial score (nSPS) is 9.33. The van der Waals surface area contributed by atoms with Crippen LogP contribution < -0.4 is 0 Å². The van der Waals surface area contributed by atoms with Crippen LogP contribution in [0, 0.1) is 0 Å². The zero-order valence-electron chi connectivity index (χ0n) is 7.99. The number of aromatic nitrogens is 1. The molecule has 1 heterocycles. The van der Waals surface area contributed by atoms with E-state index in [-0.39, 0.29) is 12.2 Å². The Kier molecular flexibility index (Phi) is 4.44. The Morgan fingerprint density at radius 1 is 1.47 bits per heavy atom. The van der Waals surface area contributed by atoms with E-state index in [1.54, 1.807) is 43.7 Å². The first-order valence-corrected chi connectivity index (χ1v) is 5.66. The Morgan fingerprint density at radius 3 is 2.87 bits per heavy atom. The average Bonchev–Trinajstić information content (AvgIpc) is 2.65. The summed E-state index contributed by atoms with van der Waals surface area (Å²) in [5.74, 6) is 0.208. The Morgan fingerprint density at radius 2 is 2.20 bits per heavy atom. The summed E-state index contributed by atoms with van der Waals surface area (Å²) in [5.41, 5.74) is 1.78. The number of aromatic amines is 1. The molecule has 0 saturated heterocycles. The van der Waals surface area contributed by atoms with Crippen LogP contribution >= 0.6 is 0 Å². The summed E-state index contributed by atoms with van der Waals surface area (Å²) in [7, 11) is 0. The third kappa shape index (κ3) is 2.63. The van der Waals surface area contributed by atoms with Crippen LogP contribution in [0.2, 0.25) is 0 Å². The van der Waals surface area contributed by atoms with Gasteiger partial charge >= 0.3 is 24.3 Å². The summed E-state index contributed by atoms with van der Waals surface area (Å²) in [6.07, 6.45) is 3.84. The van der Waals surface area contributed by atoms with Crippen LogP contribution in [0.5, 0.6) is 5.75 Å². The second kappa shape index (κ2) is 5.62. The van der Waals surface area contributed by atoms with E-state index in [1.165, 1.54) is 0 Å². The predicted molar refractivity (Wildman–Crippen MR) is 56.5 cm³/mol. The number of hydrogen-bond donors (Lipinski definition) is 2. The number of rotatable bonds is 2. The van der Waals surface area contributed by atoms with Crippen molar-refractivity contribution in [3.8, 4) is 5.75 Å². The first kappa shape index (κ1) is 11.9. The molecule has 3 nitrogen and oxygen atoms in total. The third-order valence-electron chi connectivity index (χ3n) is 2.01. The van der Waals surface area contributed by atoms with Crippen LogP contribution in [0.25, 0.3) is 10.9 Å². The van der Waals surface area contributed by atoms with Crippen LogP contribution in [0.4, 0.5) is 0 Å². The quantitative estimate of drug-likeness (QED) is 0.648. The van der Waals surface area contributed by atoms with Crippen molar-refractivity contribution in [1.29, 1.82) is 0 Å². The van der Waals surface area contributed by atoms with Gasteiger partial charge in [-0.3, -0.25) is 6.29 Å². The fourth-order valence-electron chi connectivity index (χ4n) is 1.39. The van der Waals surface area contributed by atoms with Gasteiger partial charge in [-0.15, -0.1) is 6.42 Å². The molecule has 0 fully saturated rings. The van der Waals surface area contributed by atoms with Crippen molar-refractivity contribution in [2.24, 2.45) is 0 Å². The molecule has 0 aliphatic rings. The molecule has 2 N–H and O–H groups in total. The molecule has 2 rings (SSSR count). The monoisotopic (exact) mass is 286 g/mol. The van der Waals surface area contributed by atoms with E-state index in [0.717, 1.165) is 16.5 Å². The van der Waals surface area contributed by atoms with E-state index >= 15 is 0 Å². The average molecular weight is 284 g/mol. The van der Waals surface area contributed by atoms with Crippen molar-refractivity contribution in [3.05, 3.63) is 30.0 Å². The Bertz CT molecular complexity index is 465. The maximum atomic E-state index is 10.2. The number of fused-ring (bicyclic) bond motifs is 1. The molecule has 0 saturated carbocycles. The molecular formula is C11H10MoNO2-.